The zero-order valence-corrected chi connectivity index (χ0v) is 42.4. The molecule has 0 spiro atoms. The van der Waals surface area contributed by atoms with Crippen LogP contribution in [0.25, 0.3) is 5.00 Å². The summed E-state index contributed by atoms with van der Waals surface area (Å²) >= 11 is 9.82. The summed E-state index contributed by atoms with van der Waals surface area (Å²) in [5, 5.41) is 22.8. The number of thiophene rings is 1. The van der Waals surface area contributed by atoms with E-state index in [1.807, 2.05) is 47.5 Å². The molecular weight excluding hydrogens is 944 g/mol. The summed E-state index contributed by atoms with van der Waals surface area (Å²) in [4.78, 5) is 73.0. The first-order valence-electron chi connectivity index (χ1n) is 24.3. The highest BCUT2D eigenvalue weighted by Gasteiger charge is 2.42. The van der Waals surface area contributed by atoms with Gasteiger partial charge in [-0.05, 0) is 70.6 Å². The van der Waals surface area contributed by atoms with Crippen LogP contribution in [-0.4, -0.2) is 162 Å². The maximum atomic E-state index is 13.9. The highest BCUT2D eigenvalue weighted by atomic mass is 35.5. The van der Waals surface area contributed by atoms with Crippen molar-refractivity contribution in [2.24, 2.45) is 4.99 Å². The second-order valence-corrected chi connectivity index (χ2v) is 20.7. The van der Waals surface area contributed by atoms with Crippen molar-refractivity contribution in [3.8, 4) is 5.00 Å². The molecule has 2 aromatic heterocycles. The summed E-state index contributed by atoms with van der Waals surface area (Å²) in [7, 11) is 0. The minimum Gasteiger partial charge on any atom is -0.379 e. The number of aromatic nitrogens is 3. The number of aliphatic imine (C=N–C) groups is 1. The van der Waals surface area contributed by atoms with E-state index in [1.165, 1.54) is 4.88 Å². The molecule has 1 aromatic carbocycles. The zero-order valence-electron chi connectivity index (χ0n) is 40.0. The van der Waals surface area contributed by atoms with Gasteiger partial charge in [0.05, 0.1) is 50.6 Å². The summed E-state index contributed by atoms with van der Waals surface area (Å²) in [6.07, 6.45) is 5.81. The normalized spacial score (nSPS) is 19.5. The Morgan fingerprint density at radius 1 is 0.768 bits per heavy atom. The Hall–Kier alpha value is -4.60. The number of aryl methyl sites for hydroxylation is 2. The van der Waals surface area contributed by atoms with Gasteiger partial charge in [-0.15, -0.1) is 21.5 Å². The third-order valence-electron chi connectivity index (χ3n) is 12.9. The molecule has 3 fully saturated rings. The van der Waals surface area contributed by atoms with Gasteiger partial charge in [0.2, 0.25) is 23.6 Å². The van der Waals surface area contributed by atoms with Crippen LogP contribution < -0.4 is 21.3 Å². The molecule has 3 aromatic rings. The van der Waals surface area contributed by atoms with Gasteiger partial charge < -0.3 is 45.3 Å². The Kier molecular flexibility index (Phi) is 19.7. The highest BCUT2D eigenvalue weighted by molar-refractivity contribution is 8.00. The molecule has 4 unspecified atom stereocenters. The molecule has 4 N–H and O–H groups in total. The summed E-state index contributed by atoms with van der Waals surface area (Å²) in [5.74, 6) is 2.20. The Labute approximate surface area is 417 Å². The van der Waals surface area contributed by atoms with E-state index in [-0.39, 0.29) is 61.0 Å². The predicted molar refractivity (Wildman–Crippen MR) is 267 cm³/mol. The number of thioether (sulfide) groups is 1. The third-order valence-corrected chi connectivity index (χ3v) is 15.9. The minimum absolute atomic E-state index is 0.0182. The predicted octanol–water partition coefficient (Wildman–Crippen LogP) is 4.82. The quantitative estimate of drug-likeness (QED) is 0.0633. The van der Waals surface area contributed by atoms with E-state index >= 15 is 0 Å². The van der Waals surface area contributed by atoms with Gasteiger partial charge in [0.1, 0.15) is 16.9 Å². The van der Waals surface area contributed by atoms with Crippen molar-refractivity contribution >= 4 is 70.1 Å². The maximum Gasteiger partial charge on any atom is 0.315 e. The lowest BCUT2D eigenvalue weighted by Crippen LogP contribution is -2.50. The van der Waals surface area contributed by atoms with Gasteiger partial charge >= 0.3 is 6.03 Å². The average Bonchev–Trinajstić information content (AvgIpc) is 4.07. The number of hydrogen-bond donors (Lipinski definition) is 4. The smallest absolute Gasteiger partial charge is 0.315 e. The van der Waals surface area contributed by atoms with Crippen molar-refractivity contribution in [1.82, 2.24) is 45.8 Å². The molecule has 4 atom stereocenters. The van der Waals surface area contributed by atoms with Gasteiger partial charge in [-0.1, -0.05) is 30.2 Å². The second-order valence-electron chi connectivity index (χ2n) is 17.8. The summed E-state index contributed by atoms with van der Waals surface area (Å²) in [6, 6.07) is 7.42. The fourth-order valence-corrected chi connectivity index (χ4v) is 11.9. The summed E-state index contributed by atoms with van der Waals surface area (Å²) in [5.41, 5.74) is 3.84. The van der Waals surface area contributed by atoms with Crippen LogP contribution in [0.5, 0.6) is 0 Å². The number of ether oxygens (including phenoxy) is 3. The van der Waals surface area contributed by atoms with E-state index in [0.29, 0.717) is 114 Å². The van der Waals surface area contributed by atoms with Gasteiger partial charge in [-0.3, -0.25) is 28.7 Å². The third kappa shape index (κ3) is 14.5. The fourth-order valence-electron chi connectivity index (χ4n) is 8.99. The Balaban J connectivity index is 0.677. The molecule has 0 aliphatic carbocycles. The monoisotopic (exact) mass is 1010 g/mol. The fraction of sp³-hybridized carbons (Fsp3) is 0.625. The number of carbonyl (C=O) groups is 5. The van der Waals surface area contributed by atoms with Gasteiger partial charge in [0, 0.05) is 104 Å². The lowest BCUT2D eigenvalue weighted by molar-refractivity contribution is -0.140. The molecule has 0 bridgehead atoms. The van der Waals surface area contributed by atoms with Crippen LogP contribution in [0.3, 0.4) is 0 Å². The van der Waals surface area contributed by atoms with E-state index in [1.54, 1.807) is 21.1 Å². The number of halogens is 1. The number of nitrogens with zero attached hydrogens (tertiary/aromatic N) is 6. The van der Waals surface area contributed by atoms with Crippen molar-refractivity contribution < 1.29 is 38.2 Å². The molecule has 3 saturated heterocycles. The van der Waals surface area contributed by atoms with Crippen molar-refractivity contribution in [1.29, 1.82) is 0 Å². The minimum atomic E-state index is -0.564. The first kappa shape index (κ1) is 52.2. The second kappa shape index (κ2) is 26.0. The Morgan fingerprint density at radius 2 is 1.39 bits per heavy atom. The number of benzene rings is 1. The number of unbranched alkanes of at least 4 members (excludes halogenated alkanes) is 1. The van der Waals surface area contributed by atoms with Crippen LogP contribution in [0.15, 0.2) is 29.3 Å². The van der Waals surface area contributed by atoms with E-state index in [4.69, 9.17) is 30.8 Å². The number of piperazine rings is 1. The summed E-state index contributed by atoms with van der Waals surface area (Å²) < 4.78 is 18.8. The molecule has 6 amide bonds. The Bertz CT molecular complexity index is 2270. The molecule has 18 nitrogen and oxygen atoms in total. The first-order chi connectivity index (χ1) is 33.5. The largest absolute Gasteiger partial charge is 0.379 e. The number of carbonyl (C=O) groups excluding carboxylic acids is 5. The number of amides is 6. The van der Waals surface area contributed by atoms with Crippen molar-refractivity contribution in [2.75, 3.05) is 84.7 Å². The molecule has 69 heavy (non-hydrogen) atoms. The molecule has 376 valence electrons. The number of rotatable bonds is 26. The van der Waals surface area contributed by atoms with Crippen LogP contribution in [0.2, 0.25) is 5.02 Å². The number of nitrogens with one attached hydrogen (secondary N) is 4. The van der Waals surface area contributed by atoms with E-state index < -0.39 is 6.04 Å². The van der Waals surface area contributed by atoms with Gasteiger partial charge in [-0.2, -0.15) is 11.8 Å². The van der Waals surface area contributed by atoms with Crippen molar-refractivity contribution in [3.05, 3.63) is 62.5 Å². The van der Waals surface area contributed by atoms with Crippen LogP contribution in [-0.2, 0) is 33.4 Å². The van der Waals surface area contributed by atoms with Gasteiger partial charge in [0.25, 0.3) is 0 Å². The maximum absolute atomic E-state index is 13.9. The standard InChI is InChI=1S/C48H67ClN10O8S2/c1-31-32(2)69-47-43(31)44(34-13-15-35(49)16-14-34)52-36(46-56-55-33(3)59(46)47)29-42(63)58-21-19-57(20-22-58)41(62)12-6-11-40(61)51-18-8-24-66-26-28-67-27-25-65-23-7-17-50-39(60)10-5-4-9-38-45-37(30-68-38)53-48(64)54-45/h13-16,36-38,45H,4-12,17-30H2,1-3H3,(H,50,60)(H,51,61)(H2,53,54,64). The zero-order chi connectivity index (χ0) is 48.7. The number of urea groups is 1. The number of hydrogen-bond acceptors (Lipinski definition) is 13. The van der Waals surface area contributed by atoms with Gasteiger partial charge in [0.15, 0.2) is 5.82 Å². The summed E-state index contributed by atoms with van der Waals surface area (Å²) in [6.45, 7) is 11.7. The molecule has 6 heterocycles. The SMILES string of the molecule is Cc1sc2c(c1C)C(c1ccc(Cl)cc1)=NC(CC(=O)N1CCN(C(=O)CCCC(=O)NCCCOCCOCCOCCCNC(=O)CCCCC3SCC4NC(=O)NC43)CC1)c1nnc(C)n1-2. The molecule has 21 heteroatoms. The molecule has 4 aliphatic rings. The van der Waals surface area contributed by atoms with E-state index in [0.717, 1.165) is 64.7 Å². The van der Waals surface area contributed by atoms with Crippen LogP contribution in [0.1, 0.15) is 103 Å². The highest BCUT2D eigenvalue weighted by Crippen LogP contribution is 2.40. The molecule has 7 rings (SSSR count). The number of fused-ring (bicyclic) bond motifs is 4. The first-order valence-corrected chi connectivity index (χ1v) is 26.6. The van der Waals surface area contributed by atoms with E-state index in [9.17, 15) is 24.0 Å². The average molecular weight is 1010 g/mol. The van der Waals surface area contributed by atoms with Crippen molar-refractivity contribution in [2.45, 2.75) is 108 Å². The molecule has 0 radical (unpaired) electrons. The topological polar surface area (TPSA) is 211 Å². The van der Waals surface area contributed by atoms with E-state index in [2.05, 4.69) is 45.3 Å². The van der Waals surface area contributed by atoms with Gasteiger partial charge in [-0.25, -0.2) is 4.79 Å². The van der Waals surface area contributed by atoms with Crippen LogP contribution >= 0.6 is 34.7 Å². The molecule has 4 aliphatic heterocycles. The lowest BCUT2D eigenvalue weighted by Gasteiger charge is -2.35. The Morgan fingerprint density at radius 3 is 2.06 bits per heavy atom. The lowest BCUT2D eigenvalue weighted by atomic mass is 9.99. The molecule has 0 saturated carbocycles. The van der Waals surface area contributed by atoms with Crippen LogP contribution in [0.4, 0.5) is 4.79 Å². The molecular formula is C48H67ClN10O8S2. The van der Waals surface area contributed by atoms with Crippen LogP contribution in [0, 0.1) is 20.8 Å². The van der Waals surface area contributed by atoms with Crippen molar-refractivity contribution in [3.63, 3.8) is 0 Å².